The average Bonchev–Trinajstić information content (AvgIpc) is 2.85. The highest BCUT2D eigenvalue weighted by molar-refractivity contribution is 6.69. The van der Waals surface area contributed by atoms with Gasteiger partial charge in [-0.2, -0.15) is 5.26 Å². The summed E-state index contributed by atoms with van der Waals surface area (Å²) in [5, 5.41) is 13.9. The molecule has 1 aliphatic carbocycles. The summed E-state index contributed by atoms with van der Waals surface area (Å²) in [5.41, 5.74) is 2.00. The molecular weight excluding hydrogens is 367 g/mol. The van der Waals surface area contributed by atoms with E-state index in [0.29, 0.717) is 13.0 Å². The first kappa shape index (κ1) is 20.7. The highest BCUT2D eigenvalue weighted by Crippen LogP contribution is 2.36. The SMILES string of the molecule is C[Si](C)(C)OC[C@H](N[C@@]1(C#N)CCCCc2ccc(F)cc21)c1ccccc1. The van der Waals surface area contributed by atoms with Gasteiger partial charge in [0.2, 0.25) is 0 Å². The first-order chi connectivity index (χ1) is 13.3. The molecule has 0 aliphatic heterocycles. The molecule has 28 heavy (non-hydrogen) atoms. The van der Waals surface area contributed by atoms with Crippen LogP contribution in [0.2, 0.25) is 19.6 Å². The van der Waals surface area contributed by atoms with E-state index in [-0.39, 0.29) is 11.9 Å². The number of fused-ring (bicyclic) bond motifs is 1. The second kappa shape index (κ2) is 8.56. The standard InChI is InChI=1S/C23H29FN2OSi/c1-28(2,3)27-16-22(19-10-5-4-6-11-19)26-23(17-25)14-8-7-9-18-12-13-20(24)15-21(18)23/h4-6,10-13,15,22,26H,7-9,14,16H2,1-3H3/t22-,23+/m0/s1. The molecule has 0 aromatic heterocycles. The normalized spacial score (nSPS) is 20.7. The van der Waals surface area contributed by atoms with Gasteiger partial charge in [0.25, 0.3) is 0 Å². The van der Waals surface area contributed by atoms with E-state index < -0.39 is 13.9 Å². The van der Waals surface area contributed by atoms with E-state index >= 15 is 0 Å². The summed E-state index contributed by atoms with van der Waals surface area (Å²) in [4.78, 5) is 0. The fourth-order valence-corrected chi connectivity index (χ4v) is 4.51. The maximum atomic E-state index is 14.1. The number of hydrogen-bond donors (Lipinski definition) is 1. The molecule has 0 heterocycles. The van der Waals surface area contributed by atoms with Crippen LogP contribution in [0.15, 0.2) is 48.5 Å². The Hall–Kier alpha value is -2.00. The highest BCUT2D eigenvalue weighted by atomic mass is 28.4. The van der Waals surface area contributed by atoms with Gasteiger partial charge in [-0.1, -0.05) is 36.4 Å². The molecule has 2 aromatic carbocycles. The van der Waals surface area contributed by atoms with Crippen molar-refractivity contribution in [2.45, 2.75) is 56.9 Å². The van der Waals surface area contributed by atoms with Gasteiger partial charge in [-0.05, 0) is 74.1 Å². The lowest BCUT2D eigenvalue weighted by Crippen LogP contribution is -2.46. The molecular formula is C23H29FN2OSi. The van der Waals surface area contributed by atoms with E-state index in [2.05, 4.69) is 43.2 Å². The molecule has 2 aromatic rings. The quantitative estimate of drug-likeness (QED) is 0.521. The summed E-state index contributed by atoms with van der Waals surface area (Å²) in [6.45, 7) is 6.97. The lowest BCUT2D eigenvalue weighted by Gasteiger charge is -2.35. The van der Waals surface area contributed by atoms with Crippen molar-refractivity contribution in [1.82, 2.24) is 5.32 Å². The number of aryl methyl sites for hydroxylation is 1. The van der Waals surface area contributed by atoms with Crippen LogP contribution in [0, 0.1) is 17.1 Å². The number of nitrogens with zero attached hydrogens (tertiary/aromatic N) is 1. The van der Waals surface area contributed by atoms with Crippen molar-refractivity contribution < 1.29 is 8.82 Å². The van der Waals surface area contributed by atoms with E-state index in [9.17, 15) is 9.65 Å². The monoisotopic (exact) mass is 396 g/mol. The molecule has 0 amide bonds. The van der Waals surface area contributed by atoms with Crippen LogP contribution >= 0.6 is 0 Å². The molecule has 1 N–H and O–H groups in total. The van der Waals surface area contributed by atoms with Gasteiger partial charge in [0.05, 0.1) is 18.7 Å². The third-order valence-electron chi connectivity index (χ3n) is 5.28. The summed E-state index contributed by atoms with van der Waals surface area (Å²) in [6, 6.07) is 17.3. The van der Waals surface area contributed by atoms with Gasteiger partial charge in [-0.15, -0.1) is 0 Å². The zero-order valence-corrected chi connectivity index (χ0v) is 18.0. The minimum absolute atomic E-state index is 0.137. The second-order valence-electron chi connectivity index (χ2n) is 8.56. The Morgan fingerprint density at radius 3 is 2.61 bits per heavy atom. The molecule has 0 radical (unpaired) electrons. The third kappa shape index (κ3) is 4.88. The molecule has 0 saturated heterocycles. The molecule has 2 atom stereocenters. The molecule has 0 fully saturated rings. The zero-order chi connectivity index (χ0) is 20.2. The Morgan fingerprint density at radius 2 is 1.93 bits per heavy atom. The maximum absolute atomic E-state index is 14.1. The molecule has 5 heteroatoms. The Balaban J connectivity index is 2.00. The first-order valence-electron chi connectivity index (χ1n) is 10.00. The fraction of sp³-hybridized carbons (Fsp3) is 0.435. The topological polar surface area (TPSA) is 45.0 Å². The van der Waals surface area contributed by atoms with Crippen LogP contribution in [0.5, 0.6) is 0 Å². The zero-order valence-electron chi connectivity index (χ0n) is 17.0. The largest absolute Gasteiger partial charge is 0.416 e. The molecule has 0 bridgehead atoms. The Labute approximate surface area is 168 Å². The van der Waals surface area contributed by atoms with Crippen LogP contribution in [-0.4, -0.2) is 14.9 Å². The number of halogens is 1. The molecule has 1 aliphatic rings. The first-order valence-corrected chi connectivity index (χ1v) is 13.4. The summed E-state index contributed by atoms with van der Waals surface area (Å²) >= 11 is 0. The predicted octanol–water partition coefficient (Wildman–Crippen LogP) is 5.45. The number of nitrogens with one attached hydrogen (secondary N) is 1. The van der Waals surface area contributed by atoms with E-state index in [1.807, 2.05) is 24.3 Å². The number of nitriles is 1. The van der Waals surface area contributed by atoms with Crippen molar-refractivity contribution >= 4 is 8.32 Å². The molecule has 0 unspecified atom stereocenters. The van der Waals surface area contributed by atoms with Crippen molar-refractivity contribution in [2.75, 3.05) is 6.61 Å². The number of hydrogen-bond acceptors (Lipinski definition) is 3. The van der Waals surface area contributed by atoms with Crippen molar-refractivity contribution in [2.24, 2.45) is 0 Å². The van der Waals surface area contributed by atoms with Gasteiger partial charge >= 0.3 is 0 Å². The second-order valence-corrected chi connectivity index (χ2v) is 13.1. The molecule has 3 nitrogen and oxygen atoms in total. The Morgan fingerprint density at radius 1 is 1.18 bits per heavy atom. The van der Waals surface area contributed by atoms with Crippen LogP contribution in [0.4, 0.5) is 4.39 Å². The van der Waals surface area contributed by atoms with Gasteiger partial charge < -0.3 is 4.43 Å². The number of benzene rings is 2. The maximum Gasteiger partial charge on any atom is 0.183 e. The van der Waals surface area contributed by atoms with Crippen molar-refractivity contribution in [3.63, 3.8) is 0 Å². The van der Waals surface area contributed by atoms with Crippen LogP contribution in [-0.2, 0) is 16.4 Å². The summed E-state index contributed by atoms with van der Waals surface area (Å²) < 4.78 is 20.3. The van der Waals surface area contributed by atoms with Crippen LogP contribution in [0.3, 0.4) is 0 Å². The van der Waals surface area contributed by atoms with Gasteiger partial charge in [0.1, 0.15) is 11.4 Å². The lowest BCUT2D eigenvalue weighted by molar-refractivity contribution is 0.225. The minimum atomic E-state index is -1.73. The summed E-state index contributed by atoms with van der Waals surface area (Å²) in [5.74, 6) is -0.295. The predicted molar refractivity (Wildman–Crippen MR) is 113 cm³/mol. The molecule has 148 valence electrons. The molecule has 3 rings (SSSR count). The smallest absolute Gasteiger partial charge is 0.183 e. The molecule has 0 saturated carbocycles. The van der Waals surface area contributed by atoms with Crippen molar-refractivity contribution in [3.05, 3.63) is 71.0 Å². The summed E-state index contributed by atoms with van der Waals surface area (Å²) in [7, 11) is -1.73. The van der Waals surface area contributed by atoms with E-state index in [1.54, 1.807) is 0 Å². The van der Waals surface area contributed by atoms with Gasteiger partial charge in [-0.3, -0.25) is 5.32 Å². The van der Waals surface area contributed by atoms with E-state index in [1.165, 1.54) is 12.1 Å². The molecule has 0 spiro atoms. The Bertz CT molecular complexity index is 844. The summed E-state index contributed by atoms with van der Waals surface area (Å²) in [6.07, 6.45) is 3.47. The Kier molecular flexibility index (Phi) is 6.34. The van der Waals surface area contributed by atoms with Gasteiger partial charge in [0, 0.05) is 0 Å². The van der Waals surface area contributed by atoms with E-state index in [0.717, 1.165) is 36.0 Å². The van der Waals surface area contributed by atoms with Crippen molar-refractivity contribution in [3.8, 4) is 6.07 Å². The van der Waals surface area contributed by atoms with Crippen molar-refractivity contribution in [1.29, 1.82) is 5.26 Å². The number of rotatable bonds is 6. The van der Waals surface area contributed by atoms with Gasteiger partial charge in [-0.25, -0.2) is 4.39 Å². The minimum Gasteiger partial charge on any atom is -0.416 e. The van der Waals surface area contributed by atoms with Gasteiger partial charge in [0.15, 0.2) is 8.32 Å². The average molecular weight is 397 g/mol. The highest BCUT2D eigenvalue weighted by Gasteiger charge is 2.38. The van der Waals surface area contributed by atoms with Crippen LogP contribution in [0.25, 0.3) is 0 Å². The lowest BCUT2D eigenvalue weighted by atomic mass is 9.84. The van der Waals surface area contributed by atoms with Crippen LogP contribution < -0.4 is 5.32 Å². The fourth-order valence-electron chi connectivity index (χ4n) is 3.84. The third-order valence-corrected chi connectivity index (χ3v) is 6.31. The van der Waals surface area contributed by atoms with E-state index in [4.69, 9.17) is 4.43 Å². The van der Waals surface area contributed by atoms with Crippen LogP contribution in [0.1, 0.15) is 42.0 Å².